The van der Waals surface area contributed by atoms with E-state index >= 15 is 0 Å². The Labute approximate surface area is 119 Å². The number of rotatable bonds is 5. The molecule has 5 nitrogen and oxygen atoms in total. The van der Waals surface area contributed by atoms with Crippen LogP contribution in [0.4, 0.5) is 0 Å². The fraction of sp³-hybridized carbons (Fsp3) is 0.500. The van der Waals surface area contributed by atoms with Crippen LogP contribution in [0.2, 0.25) is 0 Å². The largest absolute Gasteiger partial charge is 0.395 e. The van der Waals surface area contributed by atoms with Crippen LogP contribution in [0.15, 0.2) is 29.2 Å². The molecule has 108 valence electrons. The quantitative estimate of drug-likeness (QED) is 0.892. The minimum atomic E-state index is -3.61. The van der Waals surface area contributed by atoms with Crippen molar-refractivity contribution < 1.29 is 13.5 Å². The van der Waals surface area contributed by atoms with Gasteiger partial charge in [-0.15, -0.1) is 0 Å². The maximum absolute atomic E-state index is 12.6. The van der Waals surface area contributed by atoms with Crippen molar-refractivity contribution in [1.82, 2.24) is 4.31 Å². The molecule has 0 spiro atoms. The molecule has 20 heavy (non-hydrogen) atoms. The highest BCUT2D eigenvalue weighted by Crippen LogP contribution is 2.28. The van der Waals surface area contributed by atoms with Gasteiger partial charge in [0.1, 0.15) is 0 Å². The number of hydrogen-bond donors (Lipinski definition) is 1. The number of hydrogen-bond acceptors (Lipinski definition) is 4. The summed E-state index contributed by atoms with van der Waals surface area (Å²) in [4.78, 5) is 0.178. The molecule has 0 heterocycles. The standard InChI is InChI=1S/C14H18N2O3S/c15-11-12-5-7-14(8-6-12)20(18,19)16(9-10-17)13-3-1-2-4-13/h5-8,13,17H,1-4,9-10H2. The maximum atomic E-state index is 12.6. The lowest BCUT2D eigenvalue weighted by atomic mass is 10.2. The zero-order valence-corrected chi connectivity index (χ0v) is 12.0. The Hall–Kier alpha value is -1.42. The monoisotopic (exact) mass is 294 g/mol. The zero-order valence-electron chi connectivity index (χ0n) is 11.2. The molecule has 1 aliphatic carbocycles. The Morgan fingerprint density at radius 3 is 2.35 bits per heavy atom. The van der Waals surface area contributed by atoms with Crippen LogP contribution in [0, 0.1) is 11.3 Å². The maximum Gasteiger partial charge on any atom is 0.243 e. The molecule has 0 atom stereocenters. The second-order valence-corrected chi connectivity index (χ2v) is 6.80. The average molecular weight is 294 g/mol. The van der Waals surface area contributed by atoms with Crippen molar-refractivity contribution in [3.05, 3.63) is 29.8 Å². The Balaban J connectivity index is 2.31. The van der Waals surface area contributed by atoms with E-state index in [9.17, 15) is 8.42 Å². The van der Waals surface area contributed by atoms with Crippen LogP contribution < -0.4 is 0 Å². The third-order valence-electron chi connectivity index (χ3n) is 3.64. The summed E-state index contributed by atoms with van der Waals surface area (Å²) < 4.78 is 26.7. The number of nitrogens with zero attached hydrogens (tertiary/aromatic N) is 2. The number of sulfonamides is 1. The summed E-state index contributed by atoms with van der Waals surface area (Å²) in [5, 5.41) is 17.9. The summed E-state index contributed by atoms with van der Waals surface area (Å²) >= 11 is 0. The van der Waals surface area contributed by atoms with Gasteiger partial charge in [-0.05, 0) is 37.1 Å². The van der Waals surface area contributed by atoms with Crippen molar-refractivity contribution >= 4 is 10.0 Å². The van der Waals surface area contributed by atoms with Crippen LogP contribution in [0.1, 0.15) is 31.2 Å². The first-order chi connectivity index (χ1) is 9.59. The van der Waals surface area contributed by atoms with Gasteiger partial charge in [-0.1, -0.05) is 12.8 Å². The first kappa shape index (κ1) is 15.0. The first-order valence-electron chi connectivity index (χ1n) is 6.72. The van der Waals surface area contributed by atoms with Crippen LogP contribution in [0.25, 0.3) is 0 Å². The molecule has 1 N–H and O–H groups in total. The average Bonchev–Trinajstić information content (AvgIpc) is 2.98. The van der Waals surface area contributed by atoms with E-state index < -0.39 is 10.0 Å². The Kier molecular flexibility index (Phi) is 4.76. The summed E-state index contributed by atoms with van der Waals surface area (Å²) in [6.45, 7) is -0.0704. The lowest BCUT2D eigenvalue weighted by molar-refractivity contribution is 0.226. The van der Waals surface area contributed by atoms with Gasteiger partial charge >= 0.3 is 0 Å². The van der Waals surface area contributed by atoms with Crippen LogP contribution >= 0.6 is 0 Å². The van der Waals surface area contributed by atoms with Gasteiger partial charge in [0, 0.05) is 12.6 Å². The van der Waals surface area contributed by atoms with Crippen LogP contribution in [0.5, 0.6) is 0 Å². The molecule has 0 radical (unpaired) electrons. The SMILES string of the molecule is N#Cc1ccc(S(=O)(=O)N(CCO)C2CCCC2)cc1. The predicted octanol–water partition coefficient (Wildman–Crippen LogP) is 1.48. The van der Waals surface area contributed by atoms with E-state index in [1.54, 1.807) is 0 Å². The van der Waals surface area contributed by atoms with Gasteiger partial charge < -0.3 is 5.11 Å². The predicted molar refractivity (Wildman–Crippen MR) is 74.4 cm³/mol. The third kappa shape index (κ3) is 3.01. The van der Waals surface area contributed by atoms with E-state index in [2.05, 4.69) is 0 Å². The molecule has 0 bridgehead atoms. The normalized spacial score (nSPS) is 16.4. The van der Waals surface area contributed by atoms with Crippen molar-refractivity contribution in [2.45, 2.75) is 36.6 Å². The lowest BCUT2D eigenvalue weighted by Crippen LogP contribution is -2.40. The lowest BCUT2D eigenvalue weighted by Gasteiger charge is -2.27. The summed E-state index contributed by atoms with van der Waals surface area (Å²) in [7, 11) is -3.61. The molecule has 2 rings (SSSR count). The Morgan fingerprint density at radius 1 is 1.25 bits per heavy atom. The number of nitriles is 1. The first-order valence-corrected chi connectivity index (χ1v) is 8.16. The second kappa shape index (κ2) is 6.35. The molecule has 6 heteroatoms. The summed E-state index contributed by atoms with van der Waals surface area (Å²) in [6.07, 6.45) is 3.73. The molecular weight excluding hydrogens is 276 g/mol. The van der Waals surface area contributed by atoms with E-state index in [1.807, 2.05) is 6.07 Å². The van der Waals surface area contributed by atoms with E-state index in [4.69, 9.17) is 10.4 Å². The van der Waals surface area contributed by atoms with Crippen molar-refractivity contribution in [3.63, 3.8) is 0 Å². The number of aliphatic hydroxyl groups excluding tert-OH is 1. The molecule has 1 aliphatic rings. The van der Waals surface area contributed by atoms with Gasteiger partial charge in [0.15, 0.2) is 0 Å². The molecular formula is C14H18N2O3S. The minimum absolute atomic E-state index is 0.0252. The van der Waals surface area contributed by atoms with Crippen LogP contribution in [0.3, 0.4) is 0 Å². The van der Waals surface area contributed by atoms with E-state index in [-0.39, 0.29) is 24.1 Å². The molecule has 1 saturated carbocycles. The van der Waals surface area contributed by atoms with E-state index in [1.165, 1.54) is 28.6 Å². The van der Waals surface area contributed by atoms with Crippen molar-refractivity contribution in [2.24, 2.45) is 0 Å². The van der Waals surface area contributed by atoms with Crippen molar-refractivity contribution in [2.75, 3.05) is 13.2 Å². The highest BCUT2D eigenvalue weighted by molar-refractivity contribution is 7.89. The number of benzene rings is 1. The topological polar surface area (TPSA) is 81.4 Å². The van der Waals surface area contributed by atoms with Gasteiger partial charge in [-0.3, -0.25) is 0 Å². The molecule has 0 amide bonds. The second-order valence-electron chi connectivity index (χ2n) is 4.91. The minimum Gasteiger partial charge on any atom is -0.395 e. The molecule has 0 unspecified atom stereocenters. The third-order valence-corrected chi connectivity index (χ3v) is 5.61. The zero-order chi connectivity index (χ0) is 14.6. The van der Waals surface area contributed by atoms with Crippen LogP contribution in [-0.4, -0.2) is 37.0 Å². The van der Waals surface area contributed by atoms with Gasteiger partial charge in [0.2, 0.25) is 10.0 Å². The van der Waals surface area contributed by atoms with Gasteiger partial charge in [-0.2, -0.15) is 9.57 Å². The molecule has 0 aliphatic heterocycles. The molecule has 0 aromatic heterocycles. The molecule has 0 saturated heterocycles. The molecule has 1 aromatic rings. The molecule has 1 fully saturated rings. The summed E-state index contributed by atoms with van der Waals surface area (Å²) in [6, 6.07) is 7.84. The fourth-order valence-corrected chi connectivity index (χ4v) is 4.30. The van der Waals surface area contributed by atoms with Crippen LogP contribution in [-0.2, 0) is 10.0 Å². The van der Waals surface area contributed by atoms with Gasteiger partial charge in [-0.25, -0.2) is 8.42 Å². The number of aliphatic hydroxyl groups is 1. The highest BCUT2D eigenvalue weighted by atomic mass is 32.2. The van der Waals surface area contributed by atoms with E-state index in [0.29, 0.717) is 5.56 Å². The van der Waals surface area contributed by atoms with Crippen molar-refractivity contribution in [3.8, 4) is 6.07 Å². The van der Waals surface area contributed by atoms with Crippen molar-refractivity contribution in [1.29, 1.82) is 5.26 Å². The Morgan fingerprint density at radius 2 is 1.85 bits per heavy atom. The van der Waals surface area contributed by atoms with Gasteiger partial charge in [0.05, 0.1) is 23.1 Å². The highest BCUT2D eigenvalue weighted by Gasteiger charge is 2.32. The summed E-state index contributed by atoms with van der Waals surface area (Å²) in [5.41, 5.74) is 0.429. The summed E-state index contributed by atoms with van der Waals surface area (Å²) in [5.74, 6) is 0. The van der Waals surface area contributed by atoms with Gasteiger partial charge in [0.25, 0.3) is 0 Å². The smallest absolute Gasteiger partial charge is 0.243 e. The fourth-order valence-electron chi connectivity index (χ4n) is 2.63. The van der Waals surface area contributed by atoms with E-state index in [0.717, 1.165) is 25.7 Å². The molecule has 1 aromatic carbocycles. The Bertz CT molecular complexity index is 584.